The Balaban J connectivity index is 1.75. The highest BCUT2D eigenvalue weighted by Crippen LogP contribution is 2.26. The van der Waals surface area contributed by atoms with E-state index in [2.05, 4.69) is 16.0 Å². The summed E-state index contributed by atoms with van der Waals surface area (Å²) in [5, 5.41) is 9.12. The SMILES string of the molecule is CC(C)(C)OC(=O)N[C@H]1CCCC[C@H]1Nc1ccc(C(N)=O)c(NC(=O)C=C(N)c2ccccc2)c1. The van der Waals surface area contributed by atoms with Crippen LogP contribution >= 0.6 is 0 Å². The maximum Gasteiger partial charge on any atom is 0.407 e. The van der Waals surface area contributed by atoms with Gasteiger partial charge in [0.15, 0.2) is 0 Å². The monoisotopic (exact) mass is 493 g/mol. The topological polar surface area (TPSA) is 149 Å². The van der Waals surface area contributed by atoms with Crippen LogP contribution in [0, 0.1) is 0 Å². The van der Waals surface area contributed by atoms with Crippen molar-refractivity contribution in [3.05, 3.63) is 65.7 Å². The Bertz CT molecular complexity index is 1120. The molecule has 0 unspecified atom stereocenters. The zero-order valence-corrected chi connectivity index (χ0v) is 21.0. The van der Waals surface area contributed by atoms with E-state index in [1.54, 1.807) is 30.3 Å². The third-order valence-corrected chi connectivity index (χ3v) is 5.76. The molecular formula is C27H35N5O4. The van der Waals surface area contributed by atoms with Crippen LogP contribution in [0.1, 0.15) is 62.4 Å². The summed E-state index contributed by atoms with van der Waals surface area (Å²) in [6.07, 6.45) is 4.47. The number of primary amides is 1. The fourth-order valence-electron chi connectivity index (χ4n) is 4.13. The highest BCUT2D eigenvalue weighted by Gasteiger charge is 2.28. The van der Waals surface area contributed by atoms with Gasteiger partial charge in [-0.2, -0.15) is 0 Å². The molecule has 3 amide bonds. The van der Waals surface area contributed by atoms with Crippen LogP contribution in [0.4, 0.5) is 16.2 Å². The molecule has 1 saturated carbocycles. The minimum absolute atomic E-state index is 0.0529. The largest absolute Gasteiger partial charge is 0.444 e. The first kappa shape index (κ1) is 26.6. The summed E-state index contributed by atoms with van der Waals surface area (Å²) in [6, 6.07) is 13.9. The van der Waals surface area contributed by atoms with Gasteiger partial charge in [0.2, 0.25) is 5.91 Å². The number of benzene rings is 2. The molecule has 2 aromatic rings. The fourth-order valence-corrected chi connectivity index (χ4v) is 4.13. The fraction of sp³-hybridized carbons (Fsp3) is 0.370. The smallest absolute Gasteiger partial charge is 0.407 e. The van der Waals surface area contributed by atoms with Crippen molar-refractivity contribution >= 4 is 35.0 Å². The Labute approximate surface area is 211 Å². The van der Waals surface area contributed by atoms with Crippen molar-refractivity contribution in [1.29, 1.82) is 0 Å². The van der Waals surface area contributed by atoms with Gasteiger partial charge in [0.1, 0.15) is 5.60 Å². The molecule has 2 atom stereocenters. The standard InChI is InChI=1S/C27H35N5O4/c1-27(2,3)36-26(35)32-22-12-8-7-11-21(22)30-18-13-14-19(25(29)34)23(15-18)31-24(33)16-20(28)17-9-5-4-6-10-17/h4-6,9-10,13-16,21-22,30H,7-8,11-12,28H2,1-3H3,(H2,29,34)(H,31,33)(H,32,35)/t21-,22+/m1/s1. The molecule has 36 heavy (non-hydrogen) atoms. The third kappa shape index (κ3) is 7.76. The average molecular weight is 494 g/mol. The number of nitrogens with two attached hydrogens (primary N) is 2. The van der Waals surface area contributed by atoms with Crippen molar-refractivity contribution in [3.63, 3.8) is 0 Å². The molecule has 9 nitrogen and oxygen atoms in total. The van der Waals surface area contributed by atoms with Gasteiger partial charge in [-0.3, -0.25) is 9.59 Å². The number of nitrogens with one attached hydrogen (secondary N) is 3. The minimum atomic E-state index is -0.668. The molecule has 0 radical (unpaired) electrons. The first-order chi connectivity index (χ1) is 17.0. The van der Waals surface area contributed by atoms with Crippen LogP contribution in [0.25, 0.3) is 5.70 Å². The molecule has 192 valence electrons. The van der Waals surface area contributed by atoms with Gasteiger partial charge in [-0.15, -0.1) is 0 Å². The van der Waals surface area contributed by atoms with Crippen LogP contribution in [0.15, 0.2) is 54.6 Å². The number of amides is 3. The van der Waals surface area contributed by atoms with E-state index in [4.69, 9.17) is 16.2 Å². The van der Waals surface area contributed by atoms with Crippen molar-refractivity contribution in [3.8, 4) is 0 Å². The van der Waals surface area contributed by atoms with Gasteiger partial charge in [0, 0.05) is 23.5 Å². The number of hydrogen-bond acceptors (Lipinski definition) is 6. The van der Waals surface area contributed by atoms with Crippen LogP contribution in [-0.4, -0.2) is 35.6 Å². The van der Waals surface area contributed by atoms with E-state index in [1.807, 2.05) is 39.0 Å². The van der Waals surface area contributed by atoms with Gasteiger partial charge in [0.25, 0.3) is 5.91 Å². The van der Waals surface area contributed by atoms with Gasteiger partial charge in [-0.25, -0.2) is 4.79 Å². The molecule has 0 saturated heterocycles. The van der Waals surface area contributed by atoms with Crippen LogP contribution < -0.4 is 27.4 Å². The van der Waals surface area contributed by atoms with Gasteiger partial charge in [0.05, 0.1) is 17.3 Å². The molecule has 3 rings (SSSR count). The lowest BCUT2D eigenvalue weighted by Crippen LogP contribution is -2.49. The van der Waals surface area contributed by atoms with E-state index in [0.717, 1.165) is 25.7 Å². The normalized spacial score (nSPS) is 18.1. The number of ether oxygens (including phenoxy) is 1. The molecule has 0 aliphatic heterocycles. The number of rotatable bonds is 7. The Morgan fingerprint density at radius 2 is 1.64 bits per heavy atom. The average Bonchev–Trinajstić information content (AvgIpc) is 2.79. The van der Waals surface area contributed by atoms with Crippen LogP contribution in [0.3, 0.4) is 0 Å². The second kappa shape index (κ2) is 11.6. The Kier molecular flexibility index (Phi) is 8.58. The molecule has 9 heteroatoms. The van der Waals surface area contributed by atoms with Gasteiger partial charge < -0.3 is 32.2 Å². The third-order valence-electron chi connectivity index (χ3n) is 5.76. The van der Waals surface area contributed by atoms with Crippen molar-refractivity contribution in [2.75, 3.05) is 10.6 Å². The summed E-state index contributed by atoms with van der Waals surface area (Å²) in [5.41, 5.74) is 13.1. The molecule has 1 aliphatic carbocycles. The van der Waals surface area contributed by atoms with Crippen LogP contribution in [0.2, 0.25) is 0 Å². The quantitative estimate of drug-likeness (QED) is 0.369. The lowest BCUT2D eigenvalue weighted by molar-refractivity contribution is -0.111. The zero-order chi connectivity index (χ0) is 26.3. The second-order valence-electron chi connectivity index (χ2n) is 9.87. The first-order valence-electron chi connectivity index (χ1n) is 12.1. The predicted octanol–water partition coefficient (Wildman–Crippen LogP) is 3.97. The van der Waals surface area contributed by atoms with Crippen LogP contribution in [-0.2, 0) is 9.53 Å². The van der Waals surface area contributed by atoms with E-state index < -0.39 is 23.5 Å². The van der Waals surface area contributed by atoms with E-state index in [1.165, 1.54) is 6.08 Å². The molecule has 1 fully saturated rings. The maximum atomic E-state index is 12.7. The maximum absolute atomic E-state index is 12.7. The Morgan fingerprint density at radius 3 is 2.28 bits per heavy atom. The zero-order valence-electron chi connectivity index (χ0n) is 21.0. The summed E-state index contributed by atoms with van der Waals surface area (Å²) in [7, 11) is 0. The Morgan fingerprint density at radius 1 is 0.972 bits per heavy atom. The van der Waals surface area contributed by atoms with E-state index in [-0.39, 0.29) is 23.3 Å². The van der Waals surface area contributed by atoms with Gasteiger partial charge in [-0.1, -0.05) is 43.2 Å². The summed E-state index contributed by atoms with van der Waals surface area (Å²) >= 11 is 0. The van der Waals surface area contributed by atoms with Crippen molar-refractivity contribution in [2.45, 2.75) is 64.1 Å². The molecular weight excluding hydrogens is 458 g/mol. The lowest BCUT2D eigenvalue weighted by atomic mass is 9.90. The molecule has 0 heterocycles. The summed E-state index contributed by atoms with van der Waals surface area (Å²) < 4.78 is 5.42. The highest BCUT2D eigenvalue weighted by molar-refractivity contribution is 6.08. The number of anilines is 2. The second-order valence-corrected chi connectivity index (χ2v) is 9.87. The van der Waals surface area contributed by atoms with E-state index in [9.17, 15) is 14.4 Å². The minimum Gasteiger partial charge on any atom is -0.444 e. The summed E-state index contributed by atoms with van der Waals surface area (Å²) in [5.74, 6) is -1.16. The van der Waals surface area contributed by atoms with E-state index >= 15 is 0 Å². The number of alkyl carbamates (subject to hydrolysis) is 1. The molecule has 1 aliphatic rings. The van der Waals surface area contributed by atoms with E-state index in [0.29, 0.717) is 16.9 Å². The number of hydrogen-bond donors (Lipinski definition) is 5. The number of carbonyl (C=O) groups is 3. The van der Waals surface area contributed by atoms with Gasteiger partial charge >= 0.3 is 6.09 Å². The highest BCUT2D eigenvalue weighted by atomic mass is 16.6. The van der Waals surface area contributed by atoms with Crippen molar-refractivity contribution in [2.24, 2.45) is 11.5 Å². The number of carbonyl (C=O) groups excluding carboxylic acids is 3. The molecule has 2 aromatic carbocycles. The van der Waals surface area contributed by atoms with Crippen molar-refractivity contribution < 1.29 is 19.1 Å². The summed E-state index contributed by atoms with van der Waals surface area (Å²) in [4.78, 5) is 37.0. The van der Waals surface area contributed by atoms with Crippen molar-refractivity contribution in [1.82, 2.24) is 5.32 Å². The molecule has 0 spiro atoms. The molecule has 7 N–H and O–H groups in total. The lowest BCUT2D eigenvalue weighted by Gasteiger charge is -2.34. The summed E-state index contributed by atoms with van der Waals surface area (Å²) in [6.45, 7) is 5.46. The first-order valence-corrected chi connectivity index (χ1v) is 12.1. The Hall–Kier alpha value is -4.01. The molecule has 0 aromatic heterocycles. The van der Waals surface area contributed by atoms with Crippen LogP contribution in [0.5, 0.6) is 0 Å². The molecule has 0 bridgehead atoms. The predicted molar refractivity (Wildman–Crippen MR) is 141 cm³/mol. The van der Waals surface area contributed by atoms with Gasteiger partial charge in [-0.05, 0) is 57.4 Å².